The van der Waals surface area contributed by atoms with Crippen LogP contribution in [0.5, 0.6) is 0 Å². The Morgan fingerprint density at radius 2 is 1.06 bits per heavy atom. The molecule has 0 aliphatic rings. The van der Waals surface area contributed by atoms with Gasteiger partial charge in [-0.15, -0.1) is 0 Å². The van der Waals surface area contributed by atoms with E-state index in [1.54, 1.807) is 5.56 Å². The number of benzene rings is 3. The molecule has 3 aromatic rings. The summed E-state index contributed by atoms with van der Waals surface area (Å²) >= 11 is 0. The van der Waals surface area contributed by atoms with E-state index in [0.29, 0.717) is 17.8 Å². The average Bonchev–Trinajstić information content (AvgIpc) is 2.91. The normalized spacial score (nSPS) is 15.9. The molecule has 0 aromatic heterocycles. The van der Waals surface area contributed by atoms with Crippen molar-refractivity contribution in [2.75, 3.05) is 0 Å². The standard InChI is InChI=1S/C34H46/c1-5-28(24-23-27(4)30-17-11-8-12-18-30)25-33(31-19-13-9-14-20-31)26-29(6-2)34(7-3)32-21-15-10-16-22-32/h8-22,27-29,33-34H,5-7,23-26H2,1-4H3. The monoisotopic (exact) mass is 454 g/mol. The molecule has 0 N–H and O–H groups in total. The highest BCUT2D eigenvalue weighted by Crippen LogP contribution is 2.41. The Hall–Kier alpha value is -2.34. The lowest BCUT2D eigenvalue weighted by molar-refractivity contribution is 0.300. The van der Waals surface area contributed by atoms with Gasteiger partial charge >= 0.3 is 0 Å². The van der Waals surface area contributed by atoms with E-state index < -0.39 is 0 Å². The summed E-state index contributed by atoms with van der Waals surface area (Å²) in [6, 6.07) is 33.7. The molecular formula is C34H46. The van der Waals surface area contributed by atoms with E-state index in [1.807, 2.05) is 0 Å². The summed E-state index contributed by atoms with van der Waals surface area (Å²) in [4.78, 5) is 0. The Morgan fingerprint density at radius 1 is 0.529 bits per heavy atom. The van der Waals surface area contributed by atoms with E-state index >= 15 is 0 Å². The van der Waals surface area contributed by atoms with E-state index in [2.05, 4.69) is 119 Å². The molecule has 5 unspecified atom stereocenters. The molecule has 0 aliphatic carbocycles. The molecule has 182 valence electrons. The van der Waals surface area contributed by atoms with E-state index in [4.69, 9.17) is 0 Å². The van der Waals surface area contributed by atoms with Crippen LogP contribution in [0.3, 0.4) is 0 Å². The molecule has 0 heteroatoms. The summed E-state index contributed by atoms with van der Waals surface area (Å²) in [6.07, 6.45) is 8.94. The molecule has 0 spiro atoms. The van der Waals surface area contributed by atoms with Gasteiger partial charge in [-0.05, 0) is 78.4 Å². The van der Waals surface area contributed by atoms with Crippen LogP contribution in [-0.4, -0.2) is 0 Å². The minimum absolute atomic E-state index is 0.636. The molecule has 0 bridgehead atoms. The zero-order chi connectivity index (χ0) is 24.2. The molecule has 0 heterocycles. The first kappa shape index (κ1) is 26.3. The number of hydrogen-bond acceptors (Lipinski definition) is 0. The lowest BCUT2D eigenvalue weighted by atomic mass is 9.73. The van der Waals surface area contributed by atoms with Crippen LogP contribution in [0.25, 0.3) is 0 Å². The van der Waals surface area contributed by atoms with Crippen LogP contribution in [0.2, 0.25) is 0 Å². The van der Waals surface area contributed by atoms with Crippen LogP contribution in [-0.2, 0) is 0 Å². The molecule has 0 amide bonds. The molecule has 5 atom stereocenters. The van der Waals surface area contributed by atoms with Crippen LogP contribution < -0.4 is 0 Å². The summed E-state index contributed by atoms with van der Waals surface area (Å²) in [5, 5.41) is 0. The largest absolute Gasteiger partial charge is 0.0651 e. The quantitative estimate of drug-likeness (QED) is 0.227. The van der Waals surface area contributed by atoms with Gasteiger partial charge in [-0.3, -0.25) is 0 Å². The molecule has 3 rings (SSSR count). The van der Waals surface area contributed by atoms with Gasteiger partial charge in [0, 0.05) is 0 Å². The van der Waals surface area contributed by atoms with Gasteiger partial charge < -0.3 is 0 Å². The van der Waals surface area contributed by atoms with Gasteiger partial charge in [0.1, 0.15) is 0 Å². The molecule has 0 saturated heterocycles. The van der Waals surface area contributed by atoms with Gasteiger partial charge in [0.2, 0.25) is 0 Å². The van der Waals surface area contributed by atoms with Gasteiger partial charge in [0.05, 0.1) is 0 Å². The summed E-state index contributed by atoms with van der Waals surface area (Å²) in [5.41, 5.74) is 4.54. The predicted octanol–water partition coefficient (Wildman–Crippen LogP) is 10.4. The second kappa shape index (κ2) is 14.1. The third kappa shape index (κ3) is 7.59. The minimum atomic E-state index is 0.636. The van der Waals surface area contributed by atoms with Crippen LogP contribution in [0.1, 0.15) is 107 Å². The maximum atomic E-state index is 2.40. The van der Waals surface area contributed by atoms with E-state index in [0.717, 1.165) is 11.8 Å². The van der Waals surface area contributed by atoms with Gasteiger partial charge in [0.25, 0.3) is 0 Å². The van der Waals surface area contributed by atoms with Crippen molar-refractivity contribution < 1.29 is 0 Å². The topological polar surface area (TPSA) is 0 Å². The zero-order valence-electron chi connectivity index (χ0n) is 22.0. The second-order valence-corrected chi connectivity index (χ2v) is 10.3. The molecule has 0 saturated carbocycles. The third-order valence-electron chi connectivity index (χ3n) is 8.19. The Bertz CT molecular complexity index is 899. The summed E-state index contributed by atoms with van der Waals surface area (Å²) in [7, 11) is 0. The third-order valence-corrected chi connectivity index (χ3v) is 8.19. The predicted molar refractivity (Wildman–Crippen MR) is 150 cm³/mol. The fourth-order valence-electron chi connectivity index (χ4n) is 5.94. The first-order valence-corrected chi connectivity index (χ1v) is 13.8. The smallest absolute Gasteiger partial charge is 0.0136 e. The molecule has 34 heavy (non-hydrogen) atoms. The molecule has 0 nitrogen and oxygen atoms in total. The minimum Gasteiger partial charge on any atom is -0.0651 e. The van der Waals surface area contributed by atoms with E-state index in [-0.39, 0.29) is 0 Å². The van der Waals surface area contributed by atoms with Crippen molar-refractivity contribution in [3.63, 3.8) is 0 Å². The van der Waals surface area contributed by atoms with E-state index in [1.165, 1.54) is 56.1 Å². The highest BCUT2D eigenvalue weighted by molar-refractivity contribution is 5.23. The Morgan fingerprint density at radius 3 is 1.56 bits per heavy atom. The number of hydrogen-bond donors (Lipinski definition) is 0. The summed E-state index contributed by atoms with van der Waals surface area (Å²) in [6.45, 7) is 9.57. The van der Waals surface area contributed by atoms with Gasteiger partial charge in [-0.2, -0.15) is 0 Å². The zero-order valence-corrected chi connectivity index (χ0v) is 22.0. The molecule has 0 aliphatic heterocycles. The number of rotatable bonds is 14. The van der Waals surface area contributed by atoms with Crippen LogP contribution >= 0.6 is 0 Å². The summed E-state index contributed by atoms with van der Waals surface area (Å²) in [5.74, 6) is 3.43. The first-order chi connectivity index (χ1) is 16.7. The Balaban J connectivity index is 1.73. The van der Waals surface area contributed by atoms with Gasteiger partial charge in [-0.1, -0.05) is 132 Å². The Kier molecular flexibility index (Phi) is 10.9. The van der Waals surface area contributed by atoms with Crippen molar-refractivity contribution in [3.8, 4) is 0 Å². The van der Waals surface area contributed by atoms with Crippen molar-refractivity contribution in [1.82, 2.24) is 0 Å². The van der Waals surface area contributed by atoms with Crippen molar-refractivity contribution in [1.29, 1.82) is 0 Å². The van der Waals surface area contributed by atoms with Crippen molar-refractivity contribution in [3.05, 3.63) is 108 Å². The van der Waals surface area contributed by atoms with Crippen molar-refractivity contribution >= 4 is 0 Å². The Labute approximate surface area is 209 Å². The van der Waals surface area contributed by atoms with Crippen molar-refractivity contribution in [2.45, 2.75) is 90.4 Å². The molecular weight excluding hydrogens is 408 g/mol. The average molecular weight is 455 g/mol. The van der Waals surface area contributed by atoms with Crippen LogP contribution in [0.15, 0.2) is 91.0 Å². The lowest BCUT2D eigenvalue weighted by Gasteiger charge is -2.32. The SMILES string of the molecule is CCC(CCC(C)c1ccccc1)CC(CC(CC)C(CC)c1ccccc1)c1ccccc1. The van der Waals surface area contributed by atoms with Crippen LogP contribution in [0.4, 0.5) is 0 Å². The molecule has 0 radical (unpaired) electrons. The highest BCUT2D eigenvalue weighted by Gasteiger charge is 2.26. The van der Waals surface area contributed by atoms with Gasteiger partial charge in [-0.25, -0.2) is 0 Å². The van der Waals surface area contributed by atoms with Crippen LogP contribution in [0, 0.1) is 11.8 Å². The van der Waals surface area contributed by atoms with E-state index in [9.17, 15) is 0 Å². The van der Waals surface area contributed by atoms with Crippen molar-refractivity contribution in [2.24, 2.45) is 11.8 Å². The highest BCUT2D eigenvalue weighted by atomic mass is 14.3. The maximum Gasteiger partial charge on any atom is -0.0136 e. The lowest BCUT2D eigenvalue weighted by Crippen LogP contribution is -2.18. The fourth-order valence-corrected chi connectivity index (χ4v) is 5.94. The fraction of sp³-hybridized carbons (Fsp3) is 0.471. The maximum absolute atomic E-state index is 2.40. The first-order valence-electron chi connectivity index (χ1n) is 13.8. The van der Waals surface area contributed by atoms with Gasteiger partial charge in [0.15, 0.2) is 0 Å². The summed E-state index contributed by atoms with van der Waals surface area (Å²) < 4.78 is 0. The molecule has 0 fully saturated rings. The second-order valence-electron chi connectivity index (χ2n) is 10.3. The molecule has 3 aromatic carbocycles.